The summed E-state index contributed by atoms with van der Waals surface area (Å²) >= 11 is 6.40. The molecule has 0 bridgehead atoms. The minimum Gasteiger partial charge on any atom is -0.310 e. The summed E-state index contributed by atoms with van der Waals surface area (Å²) in [5.74, 6) is 0. The Kier molecular flexibility index (Phi) is 4.84. The van der Waals surface area contributed by atoms with E-state index in [2.05, 4.69) is 49.5 Å². The van der Waals surface area contributed by atoms with Crippen molar-refractivity contribution in [1.82, 2.24) is 15.1 Å². The van der Waals surface area contributed by atoms with Crippen molar-refractivity contribution in [3.63, 3.8) is 0 Å². The molecule has 20 heavy (non-hydrogen) atoms. The summed E-state index contributed by atoms with van der Waals surface area (Å²) < 4.78 is 1.86. The van der Waals surface area contributed by atoms with Gasteiger partial charge in [0.15, 0.2) is 0 Å². The molecule has 0 aliphatic carbocycles. The van der Waals surface area contributed by atoms with E-state index in [-0.39, 0.29) is 0 Å². The van der Waals surface area contributed by atoms with Gasteiger partial charge < -0.3 is 5.32 Å². The number of hydrogen-bond donors (Lipinski definition) is 1. The van der Waals surface area contributed by atoms with Gasteiger partial charge in [-0.1, -0.05) is 44.5 Å². The van der Waals surface area contributed by atoms with Gasteiger partial charge in [-0.15, -0.1) is 0 Å². The maximum absolute atomic E-state index is 6.40. The minimum absolute atomic E-state index is 0.454. The molecule has 0 saturated heterocycles. The molecule has 0 radical (unpaired) electrons. The first-order chi connectivity index (χ1) is 9.51. The summed E-state index contributed by atoms with van der Waals surface area (Å²) in [6.07, 6.45) is 2.97. The summed E-state index contributed by atoms with van der Waals surface area (Å²) in [5.41, 5.74) is 4.54. The SMILES string of the molecule is CCc1nn(C)cc1-c1ccc(CNC(C)C)c(Cl)c1. The van der Waals surface area contributed by atoms with E-state index in [1.54, 1.807) is 0 Å². The highest BCUT2D eigenvalue weighted by atomic mass is 35.5. The third kappa shape index (κ3) is 3.41. The Morgan fingerprint density at radius 1 is 1.35 bits per heavy atom. The van der Waals surface area contributed by atoms with Crippen molar-refractivity contribution in [2.45, 2.75) is 39.8 Å². The summed E-state index contributed by atoms with van der Waals surface area (Å²) in [7, 11) is 1.95. The maximum atomic E-state index is 6.40. The molecule has 1 aromatic carbocycles. The van der Waals surface area contributed by atoms with Crippen LogP contribution in [-0.2, 0) is 20.0 Å². The third-order valence-electron chi connectivity index (χ3n) is 3.31. The fraction of sp³-hybridized carbons (Fsp3) is 0.438. The average Bonchev–Trinajstić information content (AvgIpc) is 2.78. The molecule has 4 heteroatoms. The zero-order valence-electron chi connectivity index (χ0n) is 12.6. The van der Waals surface area contributed by atoms with E-state index < -0.39 is 0 Å². The van der Waals surface area contributed by atoms with E-state index in [9.17, 15) is 0 Å². The number of benzene rings is 1. The van der Waals surface area contributed by atoms with Crippen molar-refractivity contribution in [3.05, 3.63) is 40.7 Å². The molecule has 0 aliphatic heterocycles. The van der Waals surface area contributed by atoms with Gasteiger partial charge in [-0.05, 0) is 23.6 Å². The highest BCUT2D eigenvalue weighted by Gasteiger charge is 2.10. The van der Waals surface area contributed by atoms with Crippen molar-refractivity contribution < 1.29 is 0 Å². The Bertz CT molecular complexity index is 587. The van der Waals surface area contributed by atoms with E-state index >= 15 is 0 Å². The first-order valence-corrected chi connectivity index (χ1v) is 7.43. The van der Waals surface area contributed by atoms with Gasteiger partial charge in [0.25, 0.3) is 0 Å². The number of rotatable bonds is 5. The molecule has 108 valence electrons. The lowest BCUT2D eigenvalue weighted by Crippen LogP contribution is -2.21. The summed E-state index contributed by atoms with van der Waals surface area (Å²) in [6, 6.07) is 6.71. The van der Waals surface area contributed by atoms with E-state index in [0.29, 0.717) is 6.04 Å². The Labute approximate surface area is 126 Å². The largest absolute Gasteiger partial charge is 0.310 e. The lowest BCUT2D eigenvalue weighted by Gasteiger charge is -2.11. The Morgan fingerprint density at radius 2 is 2.10 bits per heavy atom. The number of halogens is 1. The molecule has 1 heterocycles. The Balaban J connectivity index is 2.28. The van der Waals surface area contributed by atoms with Crippen LogP contribution in [0.15, 0.2) is 24.4 Å². The zero-order chi connectivity index (χ0) is 14.7. The molecule has 1 aromatic heterocycles. The molecule has 0 fully saturated rings. The van der Waals surface area contributed by atoms with Gasteiger partial charge in [0.2, 0.25) is 0 Å². The quantitative estimate of drug-likeness (QED) is 0.908. The second-order valence-corrected chi connectivity index (χ2v) is 5.77. The average molecular weight is 292 g/mol. The van der Waals surface area contributed by atoms with Gasteiger partial charge >= 0.3 is 0 Å². The van der Waals surface area contributed by atoms with Gasteiger partial charge in [0.1, 0.15) is 0 Å². The molecule has 0 aliphatic rings. The molecule has 0 spiro atoms. The van der Waals surface area contributed by atoms with Gasteiger partial charge in [0, 0.05) is 36.4 Å². The molecule has 0 unspecified atom stereocenters. The van der Waals surface area contributed by atoms with Crippen LogP contribution in [0.25, 0.3) is 11.1 Å². The van der Waals surface area contributed by atoms with E-state index in [1.165, 1.54) is 5.56 Å². The van der Waals surface area contributed by atoms with Gasteiger partial charge in [-0.3, -0.25) is 4.68 Å². The van der Waals surface area contributed by atoms with Crippen LogP contribution in [0.1, 0.15) is 32.0 Å². The smallest absolute Gasteiger partial charge is 0.0700 e. The molecule has 0 saturated carbocycles. The van der Waals surface area contributed by atoms with Crippen LogP contribution >= 0.6 is 11.6 Å². The van der Waals surface area contributed by atoms with Gasteiger partial charge in [-0.2, -0.15) is 5.10 Å². The van der Waals surface area contributed by atoms with Crippen LogP contribution in [0.3, 0.4) is 0 Å². The van der Waals surface area contributed by atoms with Crippen molar-refractivity contribution in [2.24, 2.45) is 7.05 Å². The molecule has 0 amide bonds. The van der Waals surface area contributed by atoms with Gasteiger partial charge in [0.05, 0.1) is 5.69 Å². The normalized spacial score (nSPS) is 11.3. The number of nitrogens with zero attached hydrogens (tertiary/aromatic N) is 2. The molecule has 2 rings (SSSR count). The second-order valence-electron chi connectivity index (χ2n) is 5.36. The predicted octanol–water partition coefficient (Wildman–Crippen LogP) is 3.80. The maximum Gasteiger partial charge on any atom is 0.0700 e. The lowest BCUT2D eigenvalue weighted by atomic mass is 10.0. The fourth-order valence-corrected chi connectivity index (χ4v) is 2.46. The number of nitrogens with one attached hydrogen (secondary N) is 1. The van der Waals surface area contributed by atoms with Crippen LogP contribution in [0.5, 0.6) is 0 Å². The predicted molar refractivity (Wildman–Crippen MR) is 85.0 cm³/mol. The van der Waals surface area contributed by atoms with Gasteiger partial charge in [-0.25, -0.2) is 0 Å². The number of aryl methyl sites for hydroxylation is 2. The number of aromatic nitrogens is 2. The number of hydrogen-bond acceptors (Lipinski definition) is 2. The summed E-state index contributed by atoms with van der Waals surface area (Å²) in [5, 5.41) is 8.67. The molecule has 3 nitrogen and oxygen atoms in total. The highest BCUT2D eigenvalue weighted by molar-refractivity contribution is 6.31. The Hall–Kier alpha value is -1.32. The summed E-state index contributed by atoms with van der Waals surface area (Å²) in [4.78, 5) is 0. The molecular weight excluding hydrogens is 270 g/mol. The lowest BCUT2D eigenvalue weighted by molar-refractivity contribution is 0.589. The molecular formula is C16H22ClN3. The van der Waals surface area contributed by atoms with Crippen LogP contribution < -0.4 is 5.32 Å². The molecule has 0 atom stereocenters. The monoisotopic (exact) mass is 291 g/mol. The van der Waals surface area contributed by atoms with Crippen molar-refractivity contribution in [2.75, 3.05) is 0 Å². The van der Waals surface area contributed by atoms with Crippen molar-refractivity contribution in [1.29, 1.82) is 0 Å². The van der Waals surface area contributed by atoms with Crippen LogP contribution in [0.4, 0.5) is 0 Å². The Morgan fingerprint density at radius 3 is 2.70 bits per heavy atom. The first-order valence-electron chi connectivity index (χ1n) is 7.06. The first kappa shape index (κ1) is 15.1. The van der Waals surface area contributed by atoms with Crippen LogP contribution in [0, 0.1) is 0 Å². The second kappa shape index (κ2) is 6.42. The van der Waals surface area contributed by atoms with E-state index in [0.717, 1.165) is 34.8 Å². The minimum atomic E-state index is 0.454. The highest BCUT2D eigenvalue weighted by Crippen LogP contribution is 2.28. The van der Waals surface area contributed by atoms with Crippen LogP contribution in [0.2, 0.25) is 5.02 Å². The van der Waals surface area contributed by atoms with Crippen LogP contribution in [-0.4, -0.2) is 15.8 Å². The fourth-order valence-electron chi connectivity index (χ4n) is 2.21. The molecule has 2 aromatic rings. The summed E-state index contributed by atoms with van der Waals surface area (Å²) in [6.45, 7) is 7.18. The topological polar surface area (TPSA) is 29.9 Å². The zero-order valence-corrected chi connectivity index (χ0v) is 13.3. The standard InChI is InChI=1S/C16H22ClN3/c1-5-16-14(10-20(4)19-16)12-6-7-13(15(17)8-12)9-18-11(2)3/h6-8,10-11,18H,5,9H2,1-4H3. The van der Waals surface area contributed by atoms with Crippen molar-refractivity contribution in [3.8, 4) is 11.1 Å². The third-order valence-corrected chi connectivity index (χ3v) is 3.66. The van der Waals surface area contributed by atoms with E-state index in [1.807, 2.05) is 17.8 Å². The van der Waals surface area contributed by atoms with E-state index in [4.69, 9.17) is 11.6 Å². The van der Waals surface area contributed by atoms with Crippen molar-refractivity contribution >= 4 is 11.6 Å². The molecule has 1 N–H and O–H groups in total.